The molecule has 2 rings (SSSR count). The lowest BCUT2D eigenvalue weighted by Gasteiger charge is -2.29. The highest BCUT2D eigenvalue weighted by atomic mass is 35.5. The van der Waals surface area contributed by atoms with Crippen LogP contribution in [0.25, 0.3) is 0 Å². The molecule has 0 fully saturated rings. The summed E-state index contributed by atoms with van der Waals surface area (Å²) in [6.45, 7) is 9.16. The van der Waals surface area contributed by atoms with Crippen LogP contribution in [0.5, 0.6) is 0 Å². The highest BCUT2D eigenvalue weighted by Gasteiger charge is 2.25. The molecule has 2 aromatic carbocycles. The molecule has 0 aliphatic heterocycles. The molecule has 2 aromatic rings. The zero-order valence-electron chi connectivity index (χ0n) is 14.2. The maximum Gasteiger partial charge on any atom is 0.0406 e. The predicted molar refractivity (Wildman–Crippen MR) is 106 cm³/mol. The van der Waals surface area contributed by atoms with E-state index < -0.39 is 0 Å². The van der Waals surface area contributed by atoms with Gasteiger partial charge in [0.05, 0.1) is 0 Å². The lowest BCUT2D eigenvalue weighted by molar-refractivity contribution is 0.586. The van der Waals surface area contributed by atoms with Gasteiger partial charge in [0, 0.05) is 21.6 Å². The zero-order chi connectivity index (χ0) is 17.1. The molecule has 23 heavy (non-hydrogen) atoms. The molecule has 0 saturated carbocycles. The second kappa shape index (κ2) is 7.51. The lowest BCUT2D eigenvalue weighted by Crippen LogP contribution is -2.25. The van der Waals surface area contributed by atoms with Gasteiger partial charge in [0.2, 0.25) is 0 Å². The Kier molecular flexibility index (Phi) is 6.10. The largest absolute Gasteiger partial charge is 0.160 e. The van der Waals surface area contributed by atoms with Gasteiger partial charge in [-0.25, -0.2) is 0 Å². The number of halogens is 2. The zero-order valence-corrected chi connectivity index (χ0v) is 16.5. The molecule has 0 spiro atoms. The van der Waals surface area contributed by atoms with Gasteiger partial charge in [-0.15, -0.1) is 0 Å². The minimum Gasteiger partial charge on any atom is -0.160 e. The minimum atomic E-state index is 0.130. The Bertz CT molecular complexity index is 570. The Morgan fingerprint density at radius 3 is 1.26 bits per heavy atom. The van der Waals surface area contributed by atoms with Crippen molar-refractivity contribution in [2.45, 2.75) is 38.5 Å². The van der Waals surface area contributed by atoms with E-state index in [1.807, 2.05) is 36.0 Å². The van der Waals surface area contributed by atoms with Crippen LogP contribution in [0.15, 0.2) is 48.5 Å². The molecule has 124 valence electrons. The highest BCUT2D eigenvalue weighted by molar-refractivity contribution is 7.99. The van der Waals surface area contributed by atoms with Crippen molar-refractivity contribution in [1.29, 1.82) is 0 Å². The monoisotopic (exact) mass is 366 g/mol. The van der Waals surface area contributed by atoms with Crippen molar-refractivity contribution in [1.82, 2.24) is 0 Å². The van der Waals surface area contributed by atoms with Crippen LogP contribution in [0.4, 0.5) is 0 Å². The molecule has 0 radical (unpaired) electrons. The van der Waals surface area contributed by atoms with Crippen LogP contribution in [0.2, 0.25) is 10.0 Å². The van der Waals surface area contributed by atoms with E-state index in [2.05, 4.69) is 52.0 Å². The molecule has 0 heterocycles. The van der Waals surface area contributed by atoms with Crippen LogP contribution in [-0.4, -0.2) is 11.5 Å². The third-order valence-electron chi connectivity index (χ3n) is 4.18. The molecule has 0 unspecified atom stereocenters. The Balaban J connectivity index is 1.97. The summed E-state index contributed by atoms with van der Waals surface area (Å²) in [6, 6.07) is 16.4. The second-order valence-corrected chi connectivity index (χ2v) is 9.13. The lowest BCUT2D eigenvalue weighted by atomic mass is 9.86. The number of thioether (sulfide) groups is 1. The topological polar surface area (TPSA) is 0 Å². The Hall–Kier alpha value is -0.630. The van der Waals surface area contributed by atoms with E-state index in [9.17, 15) is 0 Å². The summed E-state index contributed by atoms with van der Waals surface area (Å²) < 4.78 is 0. The first kappa shape index (κ1) is 18.7. The third-order valence-corrected chi connectivity index (χ3v) is 6.53. The van der Waals surface area contributed by atoms with Crippen molar-refractivity contribution in [3.63, 3.8) is 0 Å². The first-order valence-corrected chi connectivity index (χ1v) is 9.72. The summed E-state index contributed by atoms with van der Waals surface area (Å²) in [5.74, 6) is 2.15. The van der Waals surface area contributed by atoms with E-state index in [1.165, 1.54) is 11.1 Å². The van der Waals surface area contributed by atoms with Gasteiger partial charge in [-0.2, -0.15) is 11.8 Å². The van der Waals surface area contributed by atoms with Crippen LogP contribution < -0.4 is 0 Å². The fourth-order valence-corrected chi connectivity index (χ4v) is 4.24. The van der Waals surface area contributed by atoms with E-state index in [-0.39, 0.29) is 10.8 Å². The highest BCUT2D eigenvalue weighted by Crippen LogP contribution is 2.33. The molecule has 0 N–H and O–H groups in total. The molecule has 0 aliphatic carbocycles. The van der Waals surface area contributed by atoms with Gasteiger partial charge in [-0.1, -0.05) is 75.2 Å². The average Bonchev–Trinajstić information content (AvgIpc) is 2.47. The Morgan fingerprint density at radius 2 is 0.957 bits per heavy atom. The predicted octanol–water partition coefficient (Wildman–Crippen LogP) is 6.98. The van der Waals surface area contributed by atoms with E-state index >= 15 is 0 Å². The van der Waals surface area contributed by atoms with Gasteiger partial charge >= 0.3 is 0 Å². The molecule has 0 aromatic heterocycles. The van der Waals surface area contributed by atoms with Crippen molar-refractivity contribution in [2.24, 2.45) is 0 Å². The summed E-state index contributed by atoms with van der Waals surface area (Å²) in [7, 11) is 0. The first-order chi connectivity index (χ1) is 10.7. The minimum absolute atomic E-state index is 0.130. The summed E-state index contributed by atoms with van der Waals surface area (Å²) in [4.78, 5) is 0. The van der Waals surface area contributed by atoms with E-state index in [4.69, 9.17) is 23.2 Å². The van der Waals surface area contributed by atoms with Gasteiger partial charge in [0.15, 0.2) is 0 Å². The van der Waals surface area contributed by atoms with Crippen molar-refractivity contribution < 1.29 is 0 Å². The van der Waals surface area contributed by atoms with Crippen LogP contribution in [0.1, 0.15) is 38.8 Å². The summed E-state index contributed by atoms with van der Waals surface area (Å²) in [5.41, 5.74) is 2.92. The van der Waals surface area contributed by atoms with E-state index in [0.717, 1.165) is 21.6 Å². The fraction of sp³-hybridized carbons (Fsp3) is 0.400. The molecule has 0 aliphatic rings. The van der Waals surface area contributed by atoms with Crippen LogP contribution in [-0.2, 0) is 10.8 Å². The van der Waals surface area contributed by atoms with Gasteiger partial charge in [-0.3, -0.25) is 0 Å². The molecule has 0 saturated heterocycles. The molecular weight excluding hydrogens is 343 g/mol. The summed E-state index contributed by atoms with van der Waals surface area (Å²) >= 11 is 14.0. The van der Waals surface area contributed by atoms with Crippen molar-refractivity contribution in [3.8, 4) is 0 Å². The van der Waals surface area contributed by atoms with Crippen LogP contribution in [0, 0.1) is 0 Å². The first-order valence-electron chi connectivity index (χ1n) is 7.81. The van der Waals surface area contributed by atoms with E-state index in [0.29, 0.717) is 0 Å². The van der Waals surface area contributed by atoms with Crippen molar-refractivity contribution >= 4 is 35.0 Å². The third kappa shape index (κ3) is 5.17. The van der Waals surface area contributed by atoms with Gasteiger partial charge in [0.25, 0.3) is 0 Å². The van der Waals surface area contributed by atoms with Gasteiger partial charge < -0.3 is 0 Å². The number of hydrogen-bond acceptors (Lipinski definition) is 1. The molecule has 0 atom stereocenters. The smallest absolute Gasteiger partial charge is 0.0406 e. The van der Waals surface area contributed by atoms with Gasteiger partial charge in [-0.05, 0) is 46.2 Å². The second-order valence-electron chi connectivity index (χ2n) is 7.27. The molecule has 0 amide bonds. The maximum atomic E-state index is 5.99. The number of rotatable bonds is 6. The Labute approximate surface area is 154 Å². The summed E-state index contributed by atoms with van der Waals surface area (Å²) in [6.07, 6.45) is 0. The van der Waals surface area contributed by atoms with Gasteiger partial charge in [0.1, 0.15) is 0 Å². The average molecular weight is 367 g/mol. The SMILES string of the molecule is CC(C)(CSCC(C)(C)c1ccc(Cl)cc1)c1ccc(Cl)cc1. The number of benzene rings is 2. The van der Waals surface area contributed by atoms with Crippen molar-refractivity contribution in [2.75, 3.05) is 11.5 Å². The van der Waals surface area contributed by atoms with E-state index in [1.54, 1.807) is 0 Å². The molecule has 0 bridgehead atoms. The Morgan fingerprint density at radius 1 is 0.652 bits per heavy atom. The molecule has 3 heteroatoms. The van der Waals surface area contributed by atoms with Crippen LogP contribution in [0.3, 0.4) is 0 Å². The van der Waals surface area contributed by atoms with Crippen molar-refractivity contribution in [3.05, 3.63) is 69.7 Å². The normalized spacial score (nSPS) is 12.4. The summed E-state index contributed by atoms with van der Waals surface area (Å²) in [5, 5.41) is 1.59. The molecule has 0 nitrogen and oxygen atoms in total. The van der Waals surface area contributed by atoms with Crippen LogP contribution >= 0.6 is 35.0 Å². The number of hydrogen-bond donors (Lipinski definition) is 0. The maximum absolute atomic E-state index is 5.99. The standard InChI is InChI=1S/C20H24Cl2S/c1-19(2,15-5-9-17(21)10-6-15)13-23-14-20(3,4)16-7-11-18(22)12-8-16/h5-12H,13-14H2,1-4H3. The fourth-order valence-electron chi connectivity index (χ4n) is 2.53. The molecular formula is C20H24Cl2S. The quantitative estimate of drug-likeness (QED) is 0.531.